The average Bonchev–Trinajstić information content (AvgIpc) is 3.20. The molecule has 2 N–H and O–H groups in total. The summed E-state index contributed by atoms with van der Waals surface area (Å²) in [5.41, 5.74) is -0.0860. The van der Waals surface area contributed by atoms with Crippen molar-refractivity contribution in [2.24, 2.45) is 5.41 Å². The Kier molecular flexibility index (Phi) is 5.08. The van der Waals surface area contributed by atoms with E-state index in [0.717, 1.165) is 12.0 Å². The Morgan fingerprint density at radius 2 is 2.21 bits per heavy atom. The third-order valence-electron chi connectivity index (χ3n) is 5.63. The van der Waals surface area contributed by atoms with E-state index in [-0.39, 0.29) is 24.8 Å². The van der Waals surface area contributed by atoms with Gasteiger partial charge in [-0.2, -0.15) is 4.98 Å². The van der Waals surface area contributed by atoms with E-state index in [9.17, 15) is 14.7 Å². The van der Waals surface area contributed by atoms with Gasteiger partial charge in [-0.25, -0.2) is 0 Å². The van der Waals surface area contributed by atoms with Crippen LogP contribution in [0.5, 0.6) is 0 Å². The van der Waals surface area contributed by atoms with Gasteiger partial charge in [0.25, 0.3) is 0 Å². The first kappa shape index (κ1) is 18.5. The maximum atomic E-state index is 12.7. The fraction of sp³-hybridized carbons (Fsp3) is 0.526. The van der Waals surface area contributed by atoms with Crippen LogP contribution >= 0.6 is 0 Å². The minimum atomic E-state index is -0.884. The zero-order valence-electron chi connectivity index (χ0n) is 15.5. The topological polar surface area (TPSA) is 121 Å². The predicted octanol–water partition coefficient (Wildman–Crippen LogP) is 0.554. The van der Waals surface area contributed by atoms with Crippen molar-refractivity contribution < 1.29 is 19.2 Å². The second-order valence-corrected chi connectivity index (χ2v) is 7.38. The van der Waals surface area contributed by atoms with Crippen molar-refractivity contribution in [3.63, 3.8) is 0 Å². The average molecular weight is 385 g/mol. The van der Waals surface area contributed by atoms with Crippen LogP contribution in [-0.2, 0) is 16.0 Å². The summed E-state index contributed by atoms with van der Waals surface area (Å²) in [4.78, 5) is 35.1. The first-order valence-corrected chi connectivity index (χ1v) is 9.56. The van der Waals surface area contributed by atoms with Gasteiger partial charge in [0.05, 0.1) is 11.5 Å². The molecule has 0 saturated carbocycles. The molecule has 2 aliphatic rings. The van der Waals surface area contributed by atoms with E-state index in [1.807, 2.05) is 0 Å². The quantitative estimate of drug-likeness (QED) is 0.788. The van der Waals surface area contributed by atoms with Gasteiger partial charge in [0.1, 0.15) is 0 Å². The number of likely N-dealkylation sites (tertiary alicyclic amines) is 1. The number of hydrogen-bond donors (Lipinski definition) is 2. The number of carbonyl (C=O) groups excluding carboxylic acids is 2. The Labute approximate surface area is 162 Å². The molecule has 0 radical (unpaired) electrons. The van der Waals surface area contributed by atoms with Crippen molar-refractivity contribution in [1.29, 1.82) is 0 Å². The van der Waals surface area contributed by atoms with E-state index in [1.54, 1.807) is 29.4 Å². The predicted molar refractivity (Wildman–Crippen MR) is 97.7 cm³/mol. The van der Waals surface area contributed by atoms with Gasteiger partial charge >= 0.3 is 0 Å². The van der Waals surface area contributed by atoms with Crippen molar-refractivity contribution >= 4 is 11.8 Å². The van der Waals surface area contributed by atoms with Gasteiger partial charge in [-0.05, 0) is 31.4 Å². The molecule has 2 aromatic rings. The molecule has 2 fully saturated rings. The van der Waals surface area contributed by atoms with Crippen LogP contribution in [0.4, 0.5) is 0 Å². The highest BCUT2D eigenvalue weighted by atomic mass is 16.5. The number of nitrogens with zero attached hydrogens (tertiary/aromatic N) is 4. The molecule has 0 unspecified atom stereocenters. The molecular weight excluding hydrogens is 362 g/mol. The van der Waals surface area contributed by atoms with Gasteiger partial charge in [0.2, 0.25) is 23.5 Å². The molecule has 9 heteroatoms. The monoisotopic (exact) mass is 385 g/mol. The second-order valence-electron chi connectivity index (χ2n) is 7.38. The molecule has 1 spiro atoms. The smallest absolute Gasteiger partial charge is 0.230 e. The van der Waals surface area contributed by atoms with Crippen LogP contribution in [0, 0.1) is 5.41 Å². The molecule has 0 bridgehead atoms. The lowest BCUT2D eigenvalue weighted by molar-refractivity contribution is -0.154. The molecule has 2 atom stereocenters. The van der Waals surface area contributed by atoms with Crippen molar-refractivity contribution in [2.45, 2.75) is 38.2 Å². The van der Waals surface area contributed by atoms with E-state index >= 15 is 0 Å². The molecule has 4 heterocycles. The zero-order valence-corrected chi connectivity index (χ0v) is 15.5. The van der Waals surface area contributed by atoms with E-state index in [4.69, 9.17) is 4.52 Å². The number of rotatable bonds is 4. The molecule has 2 saturated heterocycles. The molecule has 9 nitrogen and oxygen atoms in total. The van der Waals surface area contributed by atoms with Gasteiger partial charge in [-0.15, -0.1) is 0 Å². The Bertz CT molecular complexity index is 855. The lowest BCUT2D eigenvalue weighted by Crippen LogP contribution is -2.62. The Hall–Kier alpha value is -2.81. The highest BCUT2D eigenvalue weighted by Crippen LogP contribution is 2.37. The van der Waals surface area contributed by atoms with Crippen LogP contribution in [0.25, 0.3) is 11.4 Å². The van der Waals surface area contributed by atoms with E-state index in [0.29, 0.717) is 44.1 Å². The van der Waals surface area contributed by atoms with Crippen LogP contribution in [0.3, 0.4) is 0 Å². The number of pyridine rings is 1. The van der Waals surface area contributed by atoms with Crippen molar-refractivity contribution in [2.75, 3.05) is 19.6 Å². The van der Waals surface area contributed by atoms with Crippen molar-refractivity contribution in [1.82, 2.24) is 25.3 Å². The maximum Gasteiger partial charge on any atom is 0.230 e. The number of piperidine rings is 2. The molecule has 0 aliphatic carbocycles. The second kappa shape index (κ2) is 7.67. The molecule has 0 aromatic carbocycles. The highest BCUT2D eigenvalue weighted by Gasteiger charge is 2.50. The van der Waals surface area contributed by atoms with Crippen LogP contribution in [0.1, 0.15) is 31.6 Å². The number of amides is 2. The third-order valence-corrected chi connectivity index (χ3v) is 5.63. The summed E-state index contributed by atoms with van der Waals surface area (Å²) in [6.45, 7) is 1.32. The van der Waals surface area contributed by atoms with Crippen LogP contribution in [-0.4, -0.2) is 62.7 Å². The molecule has 2 aliphatic heterocycles. The number of aryl methyl sites for hydroxylation is 1. The number of aliphatic hydroxyl groups is 1. The first-order valence-electron chi connectivity index (χ1n) is 9.56. The van der Waals surface area contributed by atoms with Gasteiger partial charge < -0.3 is 19.8 Å². The zero-order chi connectivity index (χ0) is 19.6. The molecule has 4 rings (SSSR count). The van der Waals surface area contributed by atoms with Crippen molar-refractivity contribution in [3.8, 4) is 11.4 Å². The maximum absolute atomic E-state index is 12.7. The summed E-state index contributed by atoms with van der Waals surface area (Å²) in [5.74, 6) is 0.627. The van der Waals surface area contributed by atoms with Gasteiger partial charge in [0.15, 0.2) is 0 Å². The van der Waals surface area contributed by atoms with Crippen LogP contribution < -0.4 is 5.32 Å². The highest BCUT2D eigenvalue weighted by molar-refractivity contribution is 5.86. The lowest BCUT2D eigenvalue weighted by atomic mass is 9.71. The summed E-state index contributed by atoms with van der Waals surface area (Å²) in [6, 6.07) is 3.57. The van der Waals surface area contributed by atoms with Crippen molar-refractivity contribution in [3.05, 3.63) is 30.4 Å². The largest absolute Gasteiger partial charge is 0.392 e. The molecular formula is C19H23N5O4. The Morgan fingerprint density at radius 3 is 3.00 bits per heavy atom. The summed E-state index contributed by atoms with van der Waals surface area (Å²) >= 11 is 0. The number of aromatic nitrogens is 3. The fourth-order valence-electron chi connectivity index (χ4n) is 4.00. The minimum Gasteiger partial charge on any atom is -0.392 e. The van der Waals surface area contributed by atoms with E-state index in [2.05, 4.69) is 20.4 Å². The molecule has 2 aromatic heterocycles. The van der Waals surface area contributed by atoms with Crippen LogP contribution in [0.2, 0.25) is 0 Å². The molecule has 2 amide bonds. The van der Waals surface area contributed by atoms with E-state index < -0.39 is 11.5 Å². The van der Waals surface area contributed by atoms with Gasteiger partial charge in [-0.1, -0.05) is 5.16 Å². The standard InChI is InChI=1S/C19H23N5O4/c25-14-6-11-24(12-19(14)7-1-8-21-18(19)27)16(26)3-2-15-22-17(23-28-15)13-4-9-20-10-5-13/h4-5,9-10,14,25H,1-3,6-8,11-12H2,(H,21,27)/t14-,19-/m1/s1. The molecule has 148 valence electrons. The Balaban J connectivity index is 1.38. The number of nitrogens with one attached hydrogen (secondary N) is 1. The molecule has 28 heavy (non-hydrogen) atoms. The summed E-state index contributed by atoms with van der Waals surface area (Å²) in [6.07, 6.45) is 4.95. The Morgan fingerprint density at radius 1 is 1.39 bits per heavy atom. The SMILES string of the molecule is O=C(CCc1nc(-c2ccncc2)no1)N1CC[C@@H](O)[C@@]2(CCCNC2=O)C1. The number of aliphatic hydroxyl groups excluding tert-OH is 1. The number of hydrogen-bond acceptors (Lipinski definition) is 7. The van der Waals surface area contributed by atoms with E-state index in [1.165, 1.54) is 0 Å². The van der Waals surface area contributed by atoms with Gasteiger partial charge in [-0.3, -0.25) is 14.6 Å². The van der Waals surface area contributed by atoms with Crippen LogP contribution in [0.15, 0.2) is 29.0 Å². The third kappa shape index (κ3) is 3.49. The first-order chi connectivity index (χ1) is 13.6. The summed E-state index contributed by atoms with van der Waals surface area (Å²) < 4.78 is 5.24. The lowest BCUT2D eigenvalue weighted by Gasteiger charge is -2.46. The normalized spacial score (nSPS) is 25.0. The summed E-state index contributed by atoms with van der Waals surface area (Å²) in [5, 5.41) is 17.2. The minimum absolute atomic E-state index is 0.0756. The fourth-order valence-corrected chi connectivity index (χ4v) is 4.00. The number of carbonyl (C=O) groups is 2. The van der Waals surface area contributed by atoms with Gasteiger partial charge in [0, 0.05) is 50.4 Å². The summed E-state index contributed by atoms with van der Waals surface area (Å²) in [7, 11) is 0.